The minimum Gasteiger partial charge on any atom is -0.484 e. The molecule has 1 fully saturated rings. The maximum atomic E-state index is 13.3. The lowest BCUT2D eigenvalue weighted by Crippen LogP contribution is -2.57. The Morgan fingerprint density at radius 1 is 1.21 bits per heavy atom. The number of rotatable bonds is 7. The van der Waals surface area contributed by atoms with Crippen molar-refractivity contribution >= 4 is 17.5 Å². The molecule has 1 aliphatic heterocycles. The molecular formula is C24H29N5O4. The van der Waals surface area contributed by atoms with Crippen LogP contribution in [0, 0.1) is 5.92 Å². The van der Waals surface area contributed by atoms with Crippen molar-refractivity contribution in [3.05, 3.63) is 60.6 Å². The van der Waals surface area contributed by atoms with Crippen molar-refractivity contribution < 1.29 is 19.1 Å². The summed E-state index contributed by atoms with van der Waals surface area (Å²) in [7, 11) is 0. The number of imidazole rings is 1. The number of hydrogen-bond donors (Lipinski definition) is 1. The molecule has 2 amide bonds. The summed E-state index contributed by atoms with van der Waals surface area (Å²) in [6.07, 6.45) is 4.20. The molecule has 3 aromatic rings. The second kappa shape index (κ2) is 9.99. The van der Waals surface area contributed by atoms with Gasteiger partial charge in [0.2, 0.25) is 5.91 Å². The van der Waals surface area contributed by atoms with Gasteiger partial charge in [-0.25, -0.2) is 9.50 Å². The Labute approximate surface area is 192 Å². The molecule has 174 valence electrons. The van der Waals surface area contributed by atoms with E-state index < -0.39 is 5.54 Å². The Morgan fingerprint density at radius 3 is 2.85 bits per heavy atom. The zero-order valence-corrected chi connectivity index (χ0v) is 18.9. The SMILES string of the molecule is CC(C)(NC(=O)COc1ccccc1)C(=O)N1CCOC[C@@H](Cc2ccc3nccn3n2)C1. The normalized spacial score (nSPS) is 16.9. The second-order valence-electron chi connectivity index (χ2n) is 8.73. The van der Waals surface area contributed by atoms with Gasteiger partial charge in [0, 0.05) is 31.4 Å². The molecule has 0 unspecified atom stereocenters. The highest BCUT2D eigenvalue weighted by molar-refractivity contribution is 5.91. The first-order valence-electron chi connectivity index (χ1n) is 11.1. The topological polar surface area (TPSA) is 98.1 Å². The van der Waals surface area contributed by atoms with Crippen molar-refractivity contribution in [2.75, 3.05) is 32.9 Å². The van der Waals surface area contributed by atoms with Gasteiger partial charge in [-0.15, -0.1) is 0 Å². The predicted octanol–water partition coefficient (Wildman–Crippen LogP) is 1.72. The van der Waals surface area contributed by atoms with Crippen molar-refractivity contribution in [3.63, 3.8) is 0 Å². The number of fused-ring (bicyclic) bond motifs is 1. The largest absolute Gasteiger partial charge is 0.484 e. The Bertz CT molecular complexity index is 1100. The van der Waals surface area contributed by atoms with Crippen molar-refractivity contribution in [2.24, 2.45) is 5.92 Å². The number of nitrogens with zero attached hydrogens (tertiary/aromatic N) is 4. The van der Waals surface area contributed by atoms with Crippen LogP contribution in [0.3, 0.4) is 0 Å². The lowest BCUT2D eigenvalue weighted by molar-refractivity contribution is -0.141. The lowest BCUT2D eigenvalue weighted by atomic mass is 10.00. The number of benzene rings is 1. The van der Waals surface area contributed by atoms with Crippen LogP contribution in [0.15, 0.2) is 54.9 Å². The average molecular weight is 452 g/mol. The molecule has 1 N–H and O–H groups in total. The number of hydrogen-bond acceptors (Lipinski definition) is 6. The highest BCUT2D eigenvalue weighted by Crippen LogP contribution is 2.17. The first kappa shape index (κ1) is 22.7. The molecule has 4 rings (SSSR count). The molecule has 9 heteroatoms. The number of aromatic nitrogens is 3. The van der Waals surface area contributed by atoms with Gasteiger partial charge in [-0.2, -0.15) is 5.10 Å². The van der Waals surface area contributed by atoms with Gasteiger partial charge in [0.25, 0.3) is 5.91 Å². The third-order valence-corrected chi connectivity index (χ3v) is 5.53. The summed E-state index contributed by atoms with van der Waals surface area (Å²) >= 11 is 0. The van der Waals surface area contributed by atoms with Crippen molar-refractivity contribution in [1.82, 2.24) is 24.8 Å². The molecule has 1 saturated heterocycles. The first-order valence-corrected chi connectivity index (χ1v) is 11.1. The number of ether oxygens (including phenoxy) is 2. The van der Waals surface area contributed by atoms with Crippen LogP contribution in [0.4, 0.5) is 0 Å². The monoisotopic (exact) mass is 451 g/mol. The van der Waals surface area contributed by atoms with Crippen LogP contribution < -0.4 is 10.1 Å². The fourth-order valence-corrected chi connectivity index (χ4v) is 3.95. The van der Waals surface area contributed by atoms with Crippen LogP contribution in [0.1, 0.15) is 19.5 Å². The molecule has 2 aromatic heterocycles. The number of carbonyl (C=O) groups excluding carboxylic acids is 2. The Hall–Kier alpha value is -3.46. The van der Waals surface area contributed by atoms with E-state index in [4.69, 9.17) is 9.47 Å². The molecule has 9 nitrogen and oxygen atoms in total. The fraction of sp³-hybridized carbons (Fsp3) is 0.417. The molecule has 0 bridgehead atoms. The van der Waals surface area contributed by atoms with E-state index in [1.54, 1.807) is 41.6 Å². The molecule has 0 radical (unpaired) electrons. The smallest absolute Gasteiger partial charge is 0.258 e. The van der Waals surface area contributed by atoms with Gasteiger partial charge in [0.15, 0.2) is 12.3 Å². The second-order valence-corrected chi connectivity index (χ2v) is 8.73. The Balaban J connectivity index is 1.35. The van der Waals surface area contributed by atoms with E-state index >= 15 is 0 Å². The first-order chi connectivity index (χ1) is 15.9. The summed E-state index contributed by atoms with van der Waals surface area (Å²) in [4.78, 5) is 31.7. The van der Waals surface area contributed by atoms with Crippen LogP contribution in [-0.4, -0.2) is 69.8 Å². The highest BCUT2D eigenvalue weighted by Gasteiger charge is 2.35. The maximum absolute atomic E-state index is 13.3. The third-order valence-electron chi connectivity index (χ3n) is 5.53. The Kier molecular flexibility index (Phi) is 6.88. The van der Waals surface area contributed by atoms with Crippen molar-refractivity contribution in [3.8, 4) is 5.75 Å². The van der Waals surface area contributed by atoms with E-state index in [9.17, 15) is 9.59 Å². The quantitative estimate of drug-likeness (QED) is 0.587. The van der Waals surface area contributed by atoms with Crippen LogP contribution in [0.2, 0.25) is 0 Å². The molecule has 0 aliphatic carbocycles. The molecule has 1 aliphatic rings. The Morgan fingerprint density at radius 2 is 2.03 bits per heavy atom. The number of nitrogens with one attached hydrogen (secondary N) is 1. The van der Waals surface area contributed by atoms with E-state index in [0.29, 0.717) is 38.5 Å². The predicted molar refractivity (Wildman–Crippen MR) is 122 cm³/mol. The number of para-hydroxylation sites is 1. The van der Waals surface area contributed by atoms with Gasteiger partial charge in [-0.05, 0) is 44.5 Å². The van der Waals surface area contributed by atoms with E-state index in [0.717, 1.165) is 11.3 Å². The van der Waals surface area contributed by atoms with Crippen LogP contribution in [0.25, 0.3) is 5.65 Å². The van der Waals surface area contributed by atoms with E-state index in [-0.39, 0.29) is 24.3 Å². The summed E-state index contributed by atoms with van der Waals surface area (Å²) in [6, 6.07) is 13.0. The molecule has 0 saturated carbocycles. The van der Waals surface area contributed by atoms with Gasteiger partial charge >= 0.3 is 0 Å². The summed E-state index contributed by atoms with van der Waals surface area (Å²) in [5.74, 6) is 0.200. The number of carbonyl (C=O) groups is 2. The van der Waals surface area contributed by atoms with Gasteiger partial charge < -0.3 is 19.7 Å². The van der Waals surface area contributed by atoms with Gasteiger partial charge in [-0.3, -0.25) is 9.59 Å². The van der Waals surface area contributed by atoms with Crippen molar-refractivity contribution in [2.45, 2.75) is 25.8 Å². The molecule has 1 atom stereocenters. The van der Waals surface area contributed by atoms with Gasteiger partial charge in [-0.1, -0.05) is 18.2 Å². The van der Waals surface area contributed by atoms with Gasteiger partial charge in [0.1, 0.15) is 11.3 Å². The summed E-state index contributed by atoms with van der Waals surface area (Å²) in [5, 5.41) is 7.39. The summed E-state index contributed by atoms with van der Waals surface area (Å²) in [5.41, 5.74) is 0.635. The minimum absolute atomic E-state index is 0.0952. The minimum atomic E-state index is -1.07. The highest BCUT2D eigenvalue weighted by atomic mass is 16.5. The standard InChI is InChI=1S/C24H29N5O4/c1-24(2,26-22(30)17-33-20-6-4-3-5-7-20)23(31)28-12-13-32-16-18(15-28)14-19-8-9-21-25-10-11-29(21)27-19/h3-11,18H,12-17H2,1-2H3,(H,26,30)/t18-/m0/s1. The zero-order chi connectivity index (χ0) is 23.3. The molecular weight excluding hydrogens is 422 g/mol. The zero-order valence-electron chi connectivity index (χ0n) is 18.9. The molecule has 0 spiro atoms. The van der Waals surface area contributed by atoms with E-state index in [2.05, 4.69) is 15.4 Å². The summed E-state index contributed by atoms with van der Waals surface area (Å²) in [6.45, 7) is 5.28. The fourth-order valence-electron chi connectivity index (χ4n) is 3.95. The number of amides is 2. The molecule has 3 heterocycles. The van der Waals surface area contributed by atoms with Crippen LogP contribution >= 0.6 is 0 Å². The van der Waals surface area contributed by atoms with Crippen LogP contribution in [0.5, 0.6) is 5.75 Å². The van der Waals surface area contributed by atoms with E-state index in [1.165, 1.54) is 0 Å². The molecule has 1 aromatic carbocycles. The van der Waals surface area contributed by atoms with E-state index in [1.807, 2.05) is 36.5 Å². The van der Waals surface area contributed by atoms with Crippen LogP contribution in [-0.2, 0) is 20.7 Å². The maximum Gasteiger partial charge on any atom is 0.258 e. The average Bonchev–Trinajstić information content (AvgIpc) is 3.15. The lowest BCUT2D eigenvalue weighted by Gasteiger charge is -2.33. The third kappa shape index (κ3) is 5.87. The summed E-state index contributed by atoms with van der Waals surface area (Å²) < 4.78 is 13.0. The van der Waals surface area contributed by atoms with Gasteiger partial charge in [0.05, 0.1) is 18.9 Å². The molecule has 33 heavy (non-hydrogen) atoms. The van der Waals surface area contributed by atoms with Crippen molar-refractivity contribution in [1.29, 1.82) is 0 Å².